The number of hydrogen-bond acceptors (Lipinski definition) is 6. The topological polar surface area (TPSA) is 105 Å². The number of carbonyl (C=O) groups is 2. The number of hydrogen-bond donors (Lipinski definition) is 2. The van der Waals surface area contributed by atoms with Crippen LogP contribution in [0.15, 0.2) is 73.6 Å². The fraction of sp³-hybridized carbons (Fsp3) is 0.276. The maximum atomic E-state index is 12.6. The Balaban J connectivity index is 1.29. The third-order valence-corrected chi connectivity index (χ3v) is 7.74. The van der Waals surface area contributed by atoms with E-state index in [0.717, 1.165) is 54.0 Å². The number of rotatable bonds is 6. The number of nitrogens with one attached hydrogen (secondary N) is 2. The molecule has 2 unspecified atom stereocenters. The van der Waals surface area contributed by atoms with Crippen molar-refractivity contribution in [2.24, 2.45) is 11.8 Å². The summed E-state index contributed by atoms with van der Waals surface area (Å²) in [6.07, 6.45) is 4.87. The van der Waals surface area contributed by atoms with Crippen molar-refractivity contribution in [1.29, 1.82) is 0 Å². The Bertz CT molecular complexity index is 1500. The SMILES string of the molecule is C=CC(=O)N1CC2CC(n3nc(-c4ccc(NC(=O)c5ccccc5)cc4)c4c(NC)ncnc43)CC2C1. The molecule has 4 aromatic rings. The molecule has 9 nitrogen and oxygen atoms in total. The zero-order chi connectivity index (χ0) is 26.2. The molecule has 1 aliphatic heterocycles. The predicted octanol–water partition coefficient (Wildman–Crippen LogP) is 4.38. The van der Waals surface area contributed by atoms with E-state index < -0.39 is 0 Å². The number of anilines is 2. The minimum Gasteiger partial charge on any atom is -0.372 e. The minimum atomic E-state index is -0.154. The summed E-state index contributed by atoms with van der Waals surface area (Å²) in [5, 5.41) is 12.1. The molecule has 2 atom stereocenters. The number of carbonyl (C=O) groups excluding carboxylic acids is 2. The molecule has 0 spiro atoms. The fourth-order valence-electron chi connectivity index (χ4n) is 5.90. The number of likely N-dealkylation sites (tertiary alicyclic amines) is 1. The van der Waals surface area contributed by atoms with Crippen molar-refractivity contribution in [3.05, 3.63) is 79.1 Å². The molecule has 3 heterocycles. The van der Waals surface area contributed by atoms with E-state index in [1.54, 1.807) is 18.5 Å². The molecule has 0 bridgehead atoms. The molecule has 38 heavy (non-hydrogen) atoms. The average molecular weight is 508 g/mol. The van der Waals surface area contributed by atoms with Gasteiger partial charge in [-0.05, 0) is 55.0 Å². The predicted molar refractivity (Wildman–Crippen MR) is 147 cm³/mol. The Morgan fingerprint density at radius 2 is 1.71 bits per heavy atom. The molecule has 1 saturated heterocycles. The molecule has 2 aliphatic rings. The second-order valence-electron chi connectivity index (χ2n) is 9.95. The lowest BCUT2D eigenvalue weighted by atomic mass is 10.0. The van der Waals surface area contributed by atoms with E-state index in [2.05, 4.69) is 31.9 Å². The third-order valence-electron chi connectivity index (χ3n) is 7.74. The largest absolute Gasteiger partial charge is 0.372 e. The van der Waals surface area contributed by atoms with Crippen molar-refractivity contribution in [2.45, 2.75) is 18.9 Å². The van der Waals surface area contributed by atoms with Crippen molar-refractivity contribution in [2.75, 3.05) is 30.8 Å². The van der Waals surface area contributed by atoms with Gasteiger partial charge in [0.1, 0.15) is 17.8 Å². The molecular formula is C29H29N7O2. The summed E-state index contributed by atoms with van der Waals surface area (Å²) < 4.78 is 2.05. The van der Waals surface area contributed by atoms with E-state index in [9.17, 15) is 9.59 Å². The van der Waals surface area contributed by atoms with Gasteiger partial charge in [-0.1, -0.05) is 36.9 Å². The van der Waals surface area contributed by atoms with Crippen LogP contribution in [-0.2, 0) is 4.79 Å². The molecule has 2 fully saturated rings. The van der Waals surface area contributed by atoms with Gasteiger partial charge in [0.15, 0.2) is 5.65 Å². The molecule has 2 amide bonds. The number of amides is 2. The highest BCUT2D eigenvalue weighted by molar-refractivity contribution is 6.04. The second kappa shape index (κ2) is 9.74. The summed E-state index contributed by atoms with van der Waals surface area (Å²) >= 11 is 0. The standard InChI is InChI=1S/C29H29N7O2/c1-3-24(37)35-15-20-13-23(14-21(20)16-35)36-28-25(27(30-2)31-17-32-28)26(34-36)18-9-11-22(12-10-18)33-29(38)19-7-5-4-6-8-19/h3-12,17,20-21,23H,1,13-16H2,2H3,(H,33,38)(H,30,31,32). The van der Waals surface area contributed by atoms with Gasteiger partial charge in [-0.3, -0.25) is 9.59 Å². The van der Waals surface area contributed by atoms with E-state index in [1.807, 2.05) is 54.4 Å². The normalized spacial score (nSPS) is 20.3. The van der Waals surface area contributed by atoms with E-state index in [-0.39, 0.29) is 17.9 Å². The molecular weight excluding hydrogens is 478 g/mol. The van der Waals surface area contributed by atoms with Crippen LogP contribution < -0.4 is 10.6 Å². The molecule has 1 aliphatic carbocycles. The number of fused-ring (bicyclic) bond motifs is 2. The van der Waals surface area contributed by atoms with Crippen LogP contribution in [0.4, 0.5) is 11.5 Å². The lowest BCUT2D eigenvalue weighted by Gasteiger charge is -2.18. The van der Waals surface area contributed by atoms with Gasteiger partial charge in [0, 0.05) is 37.0 Å². The highest BCUT2D eigenvalue weighted by Gasteiger charge is 2.43. The van der Waals surface area contributed by atoms with Crippen molar-refractivity contribution in [3.8, 4) is 11.3 Å². The molecule has 2 aromatic carbocycles. The van der Waals surface area contributed by atoms with Gasteiger partial charge in [-0.15, -0.1) is 0 Å². The van der Waals surface area contributed by atoms with Crippen LogP contribution in [-0.4, -0.2) is 56.6 Å². The van der Waals surface area contributed by atoms with Crippen LogP contribution in [0.5, 0.6) is 0 Å². The minimum absolute atomic E-state index is 0.0117. The molecule has 9 heteroatoms. The number of nitrogens with zero attached hydrogens (tertiary/aromatic N) is 5. The molecule has 1 saturated carbocycles. The molecule has 192 valence electrons. The zero-order valence-electron chi connectivity index (χ0n) is 21.2. The maximum absolute atomic E-state index is 12.6. The van der Waals surface area contributed by atoms with Gasteiger partial charge >= 0.3 is 0 Å². The first-order valence-corrected chi connectivity index (χ1v) is 12.8. The van der Waals surface area contributed by atoms with Crippen LogP contribution in [0.1, 0.15) is 29.2 Å². The van der Waals surface area contributed by atoms with Crippen LogP contribution in [0.25, 0.3) is 22.3 Å². The first-order chi connectivity index (χ1) is 18.6. The van der Waals surface area contributed by atoms with Gasteiger partial charge in [0.25, 0.3) is 5.91 Å². The highest BCUT2D eigenvalue weighted by Crippen LogP contribution is 2.45. The number of aromatic nitrogens is 4. The van der Waals surface area contributed by atoms with Gasteiger partial charge in [0.2, 0.25) is 5.91 Å². The van der Waals surface area contributed by atoms with E-state index in [0.29, 0.717) is 23.1 Å². The second-order valence-corrected chi connectivity index (χ2v) is 9.95. The highest BCUT2D eigenvalue weighted by atomic mass is 16.2. The molecule has 2 N–H and O–H groups in total. The number of benzene rings is 2. The summed E-state index contributed by atoms with van der Waals surface area (Å²) in [6.45, 7) is 5.17. The molecule has 0 radical (unpaired) electrons. The van der Waals surface area contributed by atoms with Gasteiger partial charge in [-0.25, -0.2) is 14.6 Å². The lowest BCUT2D eigenvalue weighted by molar-refractivity contribution is -0.125. The fourth-order valence-corrected chi connectivity index (χ4v) is 5.90. The zero-order valence-corrected chi connectivity index (χ0v) is 21.2. The van der Waals surface area contributed by atoms with Crippen LogP contribution in [0, 0.1) is 11.8 Å². The summed E-state index contributed by atoms with van der Waals surface area (Å²) in [5.74, 6) is 1.48. The molecule has 6 rings (SSSR count). The first-order valence-electron chi connectivity index (χ1n) is 12.8. The monoisotopic (exact) mass is 507 g/mol. The summed E-state index contributed by atoms with van der Waals surface area (Å²) in [4.78, 5) is 35.7. The van der Waals surface area contributed by atoms with Crippen molar-refractivity contribution in [3.63, 3.8) is 0 Å². The van der Waals surface area contributed by atoms with E-state index in [1.165, 1.54) is 6.08 Å². The summed E-state index contributed by atoms with van der Waals surface area (Å²) in [6, 6.07) is 17.0. The maximum Gasteiger partial charge on any atom is 0.255 e. The third kappa shape index (κ3) is 4.19. The Labute approximate surface area is 220 Å². The van der Waals surface area contributed by atoms with Crippen LogP contribution in [0.2, 0.25) is 0 Å². The van der Waals surface area contributed by atoms with E-state index in [4.69, 9.17) is 5.10 Å². The van der Waals surface area contributed by atoms with E-state index >= 15 is 0 Å². The summed E-state index contributed by atoms with van der Waals surface area (Å²) in [7, 11) is 1.84. The van der Waals surface area contributed by atoms with Crippen molar-refractivity contribution < 1.29 is 9.59 Å². The Hall–Kier alpha value is -4.53. The first kappa shape index (κ1) is 23.8. The van der Waals surface area contributed by atoms with Crippen molar-refractivity contribution in [1.82, 2.24) is 24.6 Å². The Morgan fingerprint density at radius 1 is 1.00 bits per heavy atom. The van der Waals surface area contributed by atoms with Crippen LogP contribution in [0.3, 0.4) is 0 Å². The van der Waals surface area contributed by atoms with Gasteiger partial charge < -0.3 is 15.5 Å². The quantitative estimate of drug-likeness (QED) is 0.375. The summed E-state index contributed by atoms with van der Waals surface area (Å²) in [5.41, 5.74) is 3.82. The smallest absolute Gasteiger partial charge is 0.255 e. The Morgan fingerprint density at radius 3 is 2.37 bits per heavy atom. The van der Waals surface area contributed by atoms with Crippen molar-refractivity contribution >= 4 is 34.4 Å². The van der Waals surface area contributed by atoms with Gasteiger partial charge in [0.05, 0.1) is 11.4 Å². The lowest BCUT2D eigenvalue weighted by Crippen LogP contribution is -2.28. The van der Waals surface area contributed by atoms with Crippen LogP contribution >= 0.6 is 0 Å². The Kier molecular flexibility index (Phi) is 6.11. The van der Waals surface area contributed by atoms with Gasteiger partial charge in [-0.2, -0.15) is 5.10 Å². The molecule has 2 aromatic heterocycles. The average Bonchev–Trinajstić information content (AvgIpc) is 3.65.